The number of anilines is 1. The first-order valence-corrected chi connectivity index (χ1v) is 8.31. The molecule has 1 saturated carbocycles. The molecule has 1 saturated heterocycles. The lowest BCUT2D eigenvalue weighted by atomic mass is 10.3. The summed E-state index contributed by atoms with van der Waals surface area (Å²) in [5, 5.41) is 4.24. The van der Waals surface area contributed by atoms with Gasteiger partial charge >= 0.3 is 0 Å². The summed E-state index contributed by atoms with van der Waals surface area (Å²) in [7, 11) is 0. The molecule has 3 rings (SSSR count). The fourth-order valence-corrected chi connectivity index (χ4v) is 3.52. The van der Waals surface area contributed by atoms with E-state index < -0.39 is 0 Å². The number of nitrogens with zero attached hydrogens (tertiary/aromatic N) is 3. The van der Waals surface area contributed by atoms with E-state index in [2.05, 4.69) is 33.9 Å². The molecule has 1 aromatic heterocycles. The monoisotopic (exact) mass is 278 g/mol. The van der Waals surface area contributed by atoms with Crippen LogP contribution in [0.15, 0.2) is 12.4 Å². The van der Waals surface area contributed by atoms with Gasteiger partial charge < -0.3 is 10.2 Å². The summed E-state index contributed by atoms with van der Waals surface area (Å²) in [4.78, 5) is 11.5. The van der Waals surface area contributed by atoms with Gasteiger partial charge in [-0.05, 0) is 19.3 Å². The fourth-order valence-electron chi connectivity index (χ4n) is 2.34. The van der Waals surface area contributed by atoms with Crippen molar-refractivity contribution in [1.82, 2.24) is 15.3 Å². The van der Waals surface area contributed by atoms with E-state index in [9.17, 15) is 0 Å². The normalized spacial score (nSPS) is 23.6. The molecule has 1 aliphatic carbocycles. The van der Waals surface area contributed by atoms with Crippen LogP contribution in [0, 0.1) is 0 Å². The Hall–Kier alpha value is -0.810. The SMILES string of the molecule is CCC1CN(c2cncc(CNC3CC3)n2)CCS1. The van der Waals surface area contributed by atoms with Crippen LogP contribution >= 0.6 is 11.8 Å². The smallest absolute Gasteiger partial charge is 0.147 e. The highest BCUT2D eigenvalue weighted by atomic mass is 32.2. The first-order chi connectivity index (χ1) is 9.35. The molecule has 1 N–H and O–H groups in total. The van der Waals surface area contributed by atoms with E-state index >= 15 is 0 Å². The summed E-state index contributed by atoms with van der Waals surface area (Å²) in [5.74, 6) is 2.25. The van der Waals surface area contributed by atoms with Crippen LogP contribution in [-0.2, 0) is 6.54 Å². The standard InChI is InChI=1S/C14H22N4S/c1-2-13-10-18(5-6-19-13)14-9-15-7-12(17-14)8-16-11-3-4-11/h7,9,11,13,16H,2-6,8,10H2,1H3. The minimum Gasteiger partial charge on any atom is -0.353 e. The van der Waals surface area contributed by atoms with E-state index in [0.29, 0.717) is 0 Å². The van der Waals surface area contributed by atoms with Crippen molar-refractivity contribution >= 4 is 17.6 Å². The van der Waals surface area contributed by atoms with Crippen LogP contribution in [-0.4, -0.2) is 40.1 Å². The average molecular weight is 278 g/mol. The van der Waals surface area contributed by atoms with Crippen molar-refractivity contribution < 1.29 is 0 Å². The molecule has 1 aromatic rings. The third-order valence-corrected chi connectivity index (χ3v) is 5.11. The lowest BCUT2D eigenvalue weighted by molar-refractivity contribution is 0.665. The molecule has 0 spiro atoms. The van der Waals surface area contributed by atoms with E-state index in [1.807, 2.05) is 12.4 Å². The number of nitrogens with one attached hydrogen (secondary N) is 1. The Morgan fingerprint density at radius 1 is 1.42 bits per heavy atom. The van der Waals surface area contributed by atoms with Crippen molar-refractivity contribution in [3.8, 4) is 0 Å². The number of aromatic nitrogens is 2. The third-order valence-electron chi connectivity index (χ3n) is 3.74. The molecule has 2 fully saturated rings. The summed E-state index contributed by atoms with van der Waals surface area (Å²) in [5.41, 5.74) is 1.07. The predicted octanol–water partition coefficient (Wildman–Crippen LogP) is 2.06. The van der Waals surface area contributed by atoms with Crippen LogP contribution < -0.4 is 10.2 Å². The number of hydrogen-bond acceptors (Lipinski definition) is 5. The Kier molecular flexibility index (Phi) is 4.23. The van der Waals surface area contributed by atoms with Crippen molar-refractivity contribution in [1.29, 1.82) is 0 Å². The minimum atomic E-state index is 0.723. The zero-order valence-corrected chi connectivity index (χ0v) is 12.3. The Balaban J connectivity index is 1.63. The Labute approximate surface area is 119 Å². The molecule has 0 amide bonds. The third kappa shape index (κ3) is 3.60. The summed E-state index contributed by atoms with van der Waals surface area (Å²) in [6.07, 6.45) is 7.65. The van der Waals surface area contributed by atoms with Crippen molar-refractivity contribution in [2.75, 3.05) is 23.7 Å². The molecule has 1 unspecified atom stereocenters. The van der Waals surface area contributed by atoms with Crippen LogP contribution in [0.3, 0.4) is 0 Å². The van der Waals surface area contributed by atoms with Crippen LogP contribution in [0.1, 0.15) is 31.9 Å². The summed E-state index contributed by atoms with van der Waals surface area (Å²) >= 11 is 2.09. The van der Waals surface area contributed by atoms with E-state index in [1.54, 1.807) is 0 Å². The summed E-state index contributed by atoms with van der Waals surface area (Å²) in [6, 6.07) is 0.723. The summed E-state index contributed by atoms with van der Waals surface area (Å²) < 4.78 is 0. The highest BCUT2D eigenvalue weighted by molar-refractivity contribution is 8.00. The van der Waals surface area contributed by atoms with Gasteiger partial charge in [-0.15, -0.1) is 0 Å². The zero-order chi connectivity index (χ0) is 13.1. The molecule has 2 heterocycles. The van der Waals surface area contributed by atoms with Gasteiger partial charge in [-0.1, -0.05) is 6.92 Å². The molecule has 0 radical (unpaired) electrons. The van der Waals surface area contributed by atoms with Gasteiger partial charge in [0.2, 0.25) is 0 Å². The van der Waals surface area contributed by atoms with Gasteiger partial charge in [-0.2, -0.15) is 11.8 Å². The van der Waals surface area contributed by atoms with Crippen molar-refractivity contribution in [2.45, 2.75) is 44.0 Å². The highest BCUT2D eigenvalue weighted by Gasteiger charge is 2.22. The molecule has 0 aromatic carbocycles. The number of hydrogen-bond donors (Lipinski definition) is 1. The van der Waals surface area contributed by atoms with E-state index in [0.717, 1.165) is 42.4 Å². The van der Waals surface area contributed by atoms with Gasteiger partial charge in [0.05, 0.1) is 11.9 Å². The van der Waals surface area contributed by atoms with Crippen LogP contribution in [0.4, 0.5) is 5.82 Å². The van der Waals surface area contributed by atoms with Gasteiger partial charge in [0, 0.05) is 42.9 Å². The second kappa shape index (κ2) is 6.09. The Morgan fingerprint density at radius 2 is 2.32 bits per heavy atom. The maximum atomic E-state index is 4.76. The van der Waals surface area contributed by atoms with Crippen LogP contribution in [0.25, 0.3) is 0 Å². The molecule has 4 nitrogen and oxygen atoms in total. The number of thioether (sulfide) groups is 1. The molecular weight excluding hydrogens is 256 g/mol. The largest absolute Gasteiger partial charge is 0.353 e. The van der Waals surface area contributed by atoms with Crippen LogP contribution in [0.5, 0.6) is 0 Å². The van der Waals surface area contributed by atoms with Crippen molar-refractivity contribution in [3.63, 3.8) is 0 Å². The molecule has 19 heavy (non-hydrogen) atoms. The van der Waals surface area contributed by atoms with E-state index in [4.69, 9.17) is 4.98 Å². The quantitative estimate of drug-likeness (QED) is 0.893. The average Bonchev–Trinajstić information content (AvgIpc) is 3.30. The maximum absolute atomic E-state index is 4.76. The first-order valence-electron chi connectivity index (χ1n) is 7.26. The van der Waals surface area contributed by atoms with E-state index in [-0.39, 0.29) is 0 Å². The molecule has 104 valence electrons. The van der Waals surface area contributed by atoms with Gasteiger partial charge in [-0.25, -0.2) is 4.98 Å². The molecular formula is C14H22N4S. The van der Waals surface area contributed by atoms with E-state index in [1.165, 1.54) is 25.0 Å². The van der Waals surface area contributed by atoms with Gasteiger partial charge in [0.15, 0.2) is 0 Å². The topological polar surface area (TPSA) is 41.1 Å². The maximum Gasteiger partial charge on any atom is 0.147 e. The fraction of sp³-hybridized carbons (Fsp3) is 0.714. The first kappa shape index (κ1) is 13.2. The van der Waals surface area contributed by atoms with Crippen LogP contribution in [0.2, 0.25) is 0 Å². The lowest BCUT2D eigenvalue weighted by Gasteiger charge is -2.32. The van der Waals surface area contributed by atoms with Gasteiger partial charge in [0.1, 0.15) is 5.82 Å². The van der Waals surface area contributed by atoms with Gasteiger partial charge in [-0.3, -0.25) is 4.98 Å². The second-order valence-electron chi connectivity index (χ2n) is 5.37. The second-order valence-corrected chi connectivity index (χ2v) is 6.78. The predicted molar refractivity (Wildman–Crippen MR) is 80.6 cm³/mol. The lowest BCUT2D eigenvalue weighted by Crippen LogP contribution is -2.38. The molecule has 2 aliphatic rings. The molecule has 0 bridgehead atoms. The molecule has 1 atom stereocenters. The Bertz CT molecular complexity index is 422. The minimum absolute atomic E-state index is 0.723. The molecule has 5 heteroatoms. The zero-order valence-electron chi connectivity index (χ0n) is 11.5. The summed E-state index contributed by atoms with van der Waals surface area (Å²) in [6.45, 7) is 5.32. The van der Waals surface area contributed by atoms with Crippen molar-refractivity contribution in [2.24, 2.45) is 0 Å². The Morgan fingerprint density at radius 3 is 3.11 bits per heavy atom. The number of rotatable bonds is 5. The van der Waals surface area contributed by atoms with Gasteiger partial charge in [0.25, 0.3) is 0 Å². The molecule has 1 aliphatic heterocycles. The highest BCUT2D eigenvalue weighted by Crippen LogP contribution is 2.24. The van der Waals surface area contributed by atoms with Crippen molar-refractivity contribution in [3.05, 3.63) is 18.1 Å².